The standard InChI is InChI=1S/2C13H9.C2H6Si.ClH.Zr/c2*1-2-6-12-10(4-1)8-9-11-5-3-7-13(11)12;1-3-2;;/h2*1-4,6,8-9H,5H2;1-2H3;1H;/q2*-1;;;/p-1. The van der Waals surface area contributed by atoms with Gasteiger partial charge in [-0.15, -0.1) is 46.2 Å². The molecule has 0 aliphatic heterocycles. The van der Waals surface area contributed by atoms with Crippen molar-refractivity contribution < 1.29 is 35.7 Å². The third-order valence-electron chi connectivity index (χ3n) is 5.17. The van der Waals surface area contributed by atoms with Crippen molar-refractivity contribution >= 4 is 27.0 Å². The summed E-state index contributed by atoms with van der Waals surface area (Å²) in [6.07, 6.45) is 12.9. The van der Waals surface area contributed by atoms with E-state index in [2.05, 4.69) is 110 Å². The Bertz CT molecular complexity index is 1190. The molecule has 0 atom stereocenters. The Labute approximate surface area is 206 Å². The van der Waals surface area contributed by atoms with E-state index in [1.165, 1.54) is 43.8 Å². The van der Waals surface area contributed by atoms with E-state index >= 15 is 0 Å². The Hall–Kier alpha value is -1.73. The number of hydrogen-bond donors (Lipinski definition) is 0. The van der Waals surface area contributed by atoms with Gasteiger partial charge in [0, 0.05) is 0 Å². The Morgan fingerprint density at radius 1 is 0.645 bits per heavy atom. The molecular weight excluding hydrogens is 491 g/mol. The average Bonchev–Trinajstić information content (AvgIpc) is 3.43. The van der Waals surface area contributed by atoms with Gasteiger partial charge in [0.05, 0.1) is 0 Å². The topological polar surface area (TPSA) is 0 Å². The molecule has 0 bridgehead atoms. The third-order valence-corrected chi connectivity index (χ3v) is 5.17. The second kappa shape index (κ2) is 11.2. The van der Waals surface area contributed by atoms with Crippen molar-refractivity contribution in [1.29, 1.82) is 0 Å². The Balaban J connectivity index is 0.000000147. The van der Waals surface area contributed by atoms with Crippen LogP contribution in [0.3, 0.4) is 0 Å². The summed E-state index contributed by atoms with van der Waals surface area (Å²) < 4.78 is 0. The van der Waals surface area contributed by atoms with Crippen LogP contribution in [0.25, 0.3) is 21.5 Å². The van der Waals surface area contributed by atoms with Crippen LogP contribution < -0.4 is 12.4 Å². The summed E-state index contributed by atoms with van der Waals surface area (Å²) in [7, 11) is 0. The van der Waals surface area contributed by atoms with Gasteiger partial charge in [0.1, 0.15) is 0 Å². The molecule has 0 radical (unpaired) electrons. The quantitative estimate of drug-likeness (QED) is 0.246. The molecule has 3 heteroatoms. The Kier molecular flexibility index (Phi) is 8.67. The molecule has 0 unspecified atom stereocenters. The summed E-state index contributed by atoms with van der Waals surface area (Å²) in [5.74, 6) is 0. The van der Waals surface area contributed by atoms with E-state index in [1.807, 2.05) is 0 Å². The number of halogens is 1. The molecular formula is C28H24ClSiZr-3. The summed E-state index contributed by atoms with van der Waals surface area (Å²) >= 11 is 1.74. The number of allylic oxidation sites excluding steroid dienone is 2. The molecule has 0 N–H and O–H groups in total. The Morgan fingerprint density at radius 3 is 1.45 bits per heavy atom. The monoisotopic (exact) mass is 513 g/mol. The van der Waals surface area contributed by atoms with E-state index in [4.69, 9.17) is 0 Å². The zero-order chi connectivity index (χ0) is 20.9. The van der Waals surface area contributed by atoms with Gasteiger partial charge in [0.15, 0.2) is 0 Å². The molecule has 0 heterocycles. The van der Waals surface area contributed by atoms with E-state index in [-0.39, 0.29) is 17.8 Å². The molecule has 4 aromatic rings. The number of benzene rings is 4. The summed E-state index contributed by atoms with van der Waals surface area (Å²) in [5, 5.41) is 5.27. The minimum absolute atomic E-state index is 0. The number of rotatable bonds is 0. The molecule has 6 rings (SSSR count). The molecule has 0 spiro atoms. The second-order valence-electron chi connectivity index (χ2n) is 7.75. The van der Waals surface area contributed by atoms with Gasteiger partial charge < -0.3 is 12.4 Å². The molecule has 0 aromatic heterocycles. The summed E-state index contributed by atoms with van der Waals surface area (Å²) in [5.41, 5.74) is 5.59. The number of hydrogen-bond acceptors (Lipinski definition) is 0. The van der Waals surface area contributed by atoms with Crippen LogP contribution in [0.1, 0.15) is 22.3 Å². The van der Waals surface area contributed by atoms with E-state index in [1.54, 1.807) is 23.3 Å². The van der Waals surface area contributed by atoms with Crippen LogP contribution in [0.15, 0.2) is 84.9 Å². The van der Waals surface area contributed by atoms with Crippen molar-refractivity contribution in [2.75, 3.05) is 0 Å². The third kappa shape index (κ3) is 5.75. The minimum atomic E-state index is 0. The maximum absolute atomic E-state index is 3.32. The van der Waals surface area contributed by atoms with Gasteiger partial charge in [-0.05, 0) is 0 Å². The van der Waals surface area contributed by atoms with Gasteiger partial charge in [0.2, 0.25) is 0 Å². The fourth-order valence-corrected chi connectivity index (χ4v) is 3.84. The molecule has 2 aliphatic carbocycles. The summed E-state index contributed by atoms with van der Waals surface area (Å²) in [4.78, 5) is 0. The normalized spacial score (nSPS) is 12.2. The van der Waals surface area contributed by atoms with Crippen LogP contribution in [0.4, 0.5) is 0 Å². The molecule has 154 valence electrons. The number of fused-ring (bicyclic) bond motifs is 6. The fraction of sp³-hybridized carbons (Fsp3) is 0.143. The second-order valence-corrected chi connectivity index (χ2v) is 17.1. The van der Waals surface area contributed by atoms with Gasteiger partial charge in [0.25, 0.3) is 0 Å². The first-order chi connectivity index (χ1) is 14.6. The molecule has 0 saturated heterocycles. The molecule has 31 heavy (non-hydrogen) atoms. The van der Waals surface area contributed by atoms with Crippen molar-refractivity contribution in [1.82, 2.24) is 0 Å². The van der Waals surface area contributed by atoms with E-state index in [0.29, 0.717) is 0 Å². The van der Waals surface area contributed by atoms with Crippen molar-refractivity contribution in [3.63, 3.8) is 0 Å². The molecule has 0 saturated carbocycles. The van der Waals surface area contributed by atoms with Crippen LogP contribution in [0, 0.1) is 12.2 Å². The van der Waals surface area contributed by atoms with Crippen LogP contribution in [-0.2, 0) is 36.2 Å². The maximum Gasteiger partial charge on any atom is -0.0637 e. The predicted octanol–water partition coefficient (Wildman–Crippen LogP) is 4.00. The van der Waals surface area contributed by atoms with Crippen LogP contribution in [0.5, 0.6) is 0 Å². The maximum atomic E-state index is 3.32. The van der Waals surface area contributed by atoms with Crippen molar-refractivity contribution in [2.24, 2.45) is 0 Å². The molecule has 2 aliphatic rings. The minimum Gasteiger partial charge on any atom is -1.00 e. The van der Waals surface area contributed by atoms with Gasteiger partial charge >= 0.3 is 41.9 Å². The largest absolute Gasteiger partial charge is 1.00 e. The van der Waals surface area contributed by atoms with Crippen molar-refractivity contribution in [3.05, 3.63) is 119 Å². The first-order valence-electron chi connectivity index (χ1n) is 10.3. The average molecular weight is 515 g/mol. The fourth-order valence-electron chi connectivity index (χ4n) is 3.84. The van der Waals surface area contributed by atoms with Crippen molar-refractivity contribution in [3.8, 4) is 0 Å². The Morgan fingerprint density at radius 2 is 1.03 bits per heavy atom. The molecule has 0 amide bonds. The van der Waals surface area contributed by atoms with Crippen molar-refractivity contribution in [2.45, 2.75) is 25.9 Å². The zero-order valence-electron chi connectivity index (χ0n) is 17.9. The molecule has 0 nitrogen and oxygen atoms in total. The van der Waals surface area contributed by atoms with Crippen LogP contribution >= 0.6 is 0 Å². The predicted molar refractivity (Wildman–Crippen MR) is 127 cm³/mol. The molecule has 0 fully saturated rings. The van der Waals surface area contributed by atoms with Gasteiger partial charge in [-0.25, -0.2) is 0 Å². The first-order valence-corrected chi connectivity index (χ1v) is 16.5. The van der Waals surface area contributed by atoms with Gasteiger partial charge in [-0.2, -0.15) is 35.4 Å². The smallest absolute Gasteiger partial charge is 0.0637 e. The molecule has 4 aromatic carbocycles. The van der Waals surface area contributed by atoms with E-state index in [9.17, 15) is 0 Å². The van der Waals surface area contributed by atoms with E-state index in [0.717, 1.165) is 12.8 Å². The van der Waals surface area contributed by atoms with Gasteiger partial charge in [-0.3, -0.25) is 0 Å². The van der Waals surface area contributed by atoms with Gasteiger partial charge in [-0.1, -0.05) is 72.1 Å². The first kappa shape index (κ1) is 23.9. The van der Waals surface area contributed by atoms with E-state index < -0.39 is 0 Å². The SMILES string of the molecule is C[Si](C)=[Zr].[C-]1=CCc2ccc3ccccc3c21.[C-]1=CCc2ccc3ccccc3c21.[Cl-]. The summed E-state index contributed by atoms with van der Waals surface area (Å²) in [6.45, 7) is 4.62. The zero-order valence-corrected chi connectivity index (χ0v) is 22.1. The summed E-state index contributed by atoms with van der Waals surface area (Å²) in [6, 6.07) is 25.7. The van der Waals surface area contributed by atoms with Crippen LogP contribution in [0.2, 0.25) is 13.1 Å². The van der Waals surface area contributed by atoms with Crippen LogP contribution in [-0.4, -0.2) is 5.43 Å².